The van der Waals surface area contributed by atoms with Gasteiger partial charge < -0.3 is 20.3 Å². The predicted octanol–water partition coefficient (Wildman–Crippen LogP) is 3.87. The van der Waals surface area contributed by atoms with Crippen molar-refractivity contribution in [3.8, 4) is 12.1 Å². The second-order valence-corrected chi connectivity index (χ2v) is 12.5. The van der Waals surface area contributed by atoms with Crippen molar-refractivity contribution in [1.29, 1.82) is 10.5 Å². The standard InChI is InChI=1S/C32H39N11O/c1-3-35-30-31-36-16-25(15-34)43(31)39-32(38-30)37-23-7-8-27-26(13-23)22(14-33)18-42(27)24-9-11-40(12-10-24)28-19-41(17-20(2)44)29(28)21-5-4-6-21/h7-8,13,16,18,20-21,24,28-29,44H,3-6,9-12,17,19H2,1-2H3,(H2,35,37,38,39)/t20-,28?,29?/m0/s1. The first-order chi connectivity index (χ1) is 21.5. The zero-order valence-corrected chi connectivity index (χ0v) is 25.3. The summed E-state index contributed by atoms with van der Waals surface area (Å²) in [5.74, 6) is 1.64. The molecule has 0 spiro atoms. The van der Waals surface area contributed by atoms with E-state index in [1.807, 2.05) is 32.2 Å². The summed E-state index contributed by atoms with van der Waals surface area (Å²) in [7, 11) is 0. The number of nitrogens with zero attached hydrogens (tertiary/aromatic N) is 9. The maximum Gasteiger partial charge on any atom is 0.247 e. The van der Waals surface area contributed by atoms with E-state index in [1.54, 1.807) is 0 Å². The number of imidazole rings is 1. The van der Waals surface area contributed by atoms with E-state index >= 15 is 0 Å². The van der Waals surface area contributed by atoms with Crippen molar-refractivity contribution >= 4 is 34.0 Å². The van der Waals surface area contributed by atoms with E-state index < -0.39 is 0 Å². The Morgan fingerprint density at radius 3 is 2.64 bits per heavy atom. The van der Waals surface area contributed by atoms with Crippen LogP contribution < -0.4 is 10.6 Å². The van der Waals surface area contributed by atoms with Crippen molar-refractivity contribution in [2.24, 2.45) is 5.92 Å². The number of anilines is 3. The lowest BCUT2D eigenvalue weighted by Gasteiger charge is -2.58. The Morgan fingerprint density at radius 1 is 1.14 bits per heavy atom. The lowest BCUT2D eigenvalue weighted by atomic mass is 9.72. The molecule has 3 N–H and O–H groups in total. The van der Waals surface area contributed by atoms with Gasteiger partial charge in [-0.2, -0.15) is 20.0 Å². The fourth-order valence-electron chi connectivity index (χ4n) is 7.48. The van der Waals surface area contributed by atoms with E-state index in [2.05, 4.69) is 58.3 Å². The van der Waals surface area contributed by atoms with Crippen LogP contribution in [0.4, 0.5) is 17.5 Å². The molecular weight excluding hydrogens is 554 g/mol. The third-order valence-corrected chi connectivity index (χ3v) is 9.76. The van der Waals surface area contributed by atoms with Crippen molar-refractivity contribution < 1.29 is 5.11 Å². The first kappa shape index (κ1) is 28.5. The lowest BCUT2D eigenvalue weighted by molar-refractivity contribution is -0.0944. The van der Waals surface area contributed by atoms with Crippen molar-refractivity contribution in [2.75, 3.05) is 43.4 Å². The van der Waals surface area contributed by atoms with Gasteiger partial charge in [-0.1, -0.05) is 6.42 Å². The number of nitrogens with one attached hydrogen (secondary N) is 2. The van der Waals surface area contributed by atoms with Crippen molar-refractivity contribution in [2.45, 2.75) is 70.2 Å². The molecule has 7 rings (SSSR count). The van der Waals surface area contributed by atoms with E-state index in [-0.39, 0.29) is 6.10 Å². The van der Waals surface area contributed by atoms with Gasteiger partial charge in [0.05, 0.1) is 17.9 Å². The molecule has 3 aliphatic rings. The van der Waals surface area contributed by atoms with Gasteiger partial charge in [-0.05, 0) is 63.6 Å². The fourth-order valence-corrected chi connectivity index (χ4v) is 7.48. The molecule has 44 heavy (non-hydrogen) atoms. The zero-order valence-electron chi connectivity index (χ0n) is 25.3. The van der Waals surface area contributed by atoms with Crippen LogP contribution in [0.2, 0.25) is 0 Å². The Labute approximate surface area is 256 Å². The number of aromatic nitrogens is 5. The average Bonchev–Trinajstić information content (AvgIpc) is 3.58. The van der Waals surface area contributed by atoms with Gasteiger partial charge in [0.15, 0.2) is 17.2 Å². The summed E-state index contributed by atoms with van der Waals surface area (Å²) in [4.78, 5) is 14.1. The van der Waals surface area contributed by atoms with Crippen molar-refractivity contribution in [3.63, 3.8) is 0 Å². The van der Waals surface area contributed by atoms with Gasteiger partial charge in [-0.3, -0.25) is 9.80 Å². The van der Waals surface area contributed by atoms with Crippen LogP contribution in [0.5, 0.6) is 0 Å². The Balaban J connectivity index is 1.08. The first-order valence-corrected chi connectivity index (χ1v) is 15.8. The fraction of sp³-hybridized carbons (Fsp3) is 0.531. The molecule has 12 heteroatoms. The highest BCUT2D eigenvalue weighted by Gasteiger charge is 2.48. The number of nitriles is 2. The van der Waals surface area contributed by atoms with Gasteiger partial charge in [0.25, 0.3) is 0 Å². The van der Waals surface area contributed by atoms with E-state index in [4.69, 9.17) is 0 Å². The normalized spacial score (nSPS) is 22.3. The van der Waals surface area contributed by atoms with Crippen LogP contribution in [0.25, 0.3) is 16.6 Å². The third kappa shape index (κ3) is 5.03. The molecule has 2 unspecified atom stereocenters. The Bertz CT molecular complexity index is 1750. The molecule has 0 bridgehead atoms. The van der Waals surface area contributed by atoms with E-state index in [0.29, 0.717) is 53.3 Å². The minimum absolute atomic E-state index is 0.281. The van der Waals surface area contributed by atoms with Gasteiger partial charge in [-0.15, -0.1) is 5.10 Å². The lowest BCUT2D eigenvalue weighted by Crippen LogP contribution is -2.71. The highest BCUT2D eigenvalue weighted by Crippen LogP contribution is 2.41. The molecule has 0 radical (unpaired) electrons. The molecule has 3 fully saturated rings. The van der Waals surface area contributed by atoms with Gasteiger partial charge in [-0.25, -0.2) is 4.98 Å². The molecule has 3 aromatic heterocycles. The first-order valence-electron chi connectivity index (χ1n) is 15.8. The average molecular weight is 594 g/mol. The molecule has 228 valence electrons. The third-order valence-electron chi connectivity index (χ3n) is 9.76. The smallest absolute Gasteiger partial charge is 0.247 e. The molecule has 0 amide bonds. The SMILES string of the molecule is CCNc1nc(Nc2ccc3c(c2)c(C#N)cn3C2CCN(C3CN(C[C@H](C)O)C3C3CCC3)CC2)nn2c(C#N)cnc12. The number of piperidine rings is 1. The maximum atomic E-state index is 10.0. The number of likely N-dealkylation sites (tertiary alicyclic amines) is 2. The number of aliphatic hydroxyl groups excluding tert-OH is 1. The molecule has 1 saturated carbocycles. The summed E-state index contributed by atoms with van der Waals surface area (Å²) < 4.78 is 3.79. The predicted molar refractivity (Wildman–Crippen MR) is 168 cm³/mol. The number of rotatable bonds is 9. The highest BCUT2D eigenvalue weighted by atomic mass is 16.3. The highest BCUT2D eigenvalue weighted by molar-refractivity contribution is 5.90. The summed E-state index contributed by atoms with van der Waals surface area (Å²) >= 11 is 0. The van der Waals surface area contributed by atoms with Crippen molar-refractivity contribution in [3.05, 3.63) is 41.9 Å². The molecule has 1 aromatic carbocycles. The van der Waals surface area contributed by atoms with Crippen LogP contribution in [-0.4, -0.2) is 90.0 Å². The number of hydrogen-bond donors (Lipinski definition) is 3. The van der Waals surface area contributed by atoms with Gasteiger partial charge >= 0.3 is 0 Å². The summed E-state index contributed by atoms with van der Waals surface area (Å²) in [6, 6.07) is 12.1. The number of hydrogen-bond acceptors (Lipinski definition) is 10. The number of β-amino-alcohol motifs (C(OH)–C–C–N with tert-alkyl or cyclic N) is 1. The van der Waals surface area contributed by atoms with Crippen molar-refractivity contribution in [1.82, 2.24) is 33.9 Å². The number of fused-ring (bicyclic) bond motifs is 2. The van der Waals surface area contributed by atoms with Gasteiger partial charge in [0.1, 0.15) is 12.1 Å². The van der Waals surface area contributed by atoms with E-state index in [1.165, 1.54) is 30.0 Å². The number of aliphatic hydroxyl groups is 1. The van der Waals surface area contributed by atoms with E-state index in [0.717, 1.165) is 61.5 Å². The quantitative estimate of drug-likeness (QED) is 0.261. The molecule has 3 atom stereocenters. The summed E-state index contributed by atoms with van der Waals surface area (Å²) in [5, 5.41) is 41.4. The molecule has 12 nitrogen and oxygen atoms in total. The van der Waals surface area contributed by atoms with Crippen LogP contribution in [0.15, 0.2) is 30.6 Å². The monoisotopic (exact) mass is 593 g/mol. The minimum Gasteiger partial charge on any atom is -0.392 e. The van der Waals surface area contributed by atoms with Crippen LogP contribution in [0, 0.1) is 28.6 Å². The maximum absolute atomic E-state index is 10.0. The molecule has 2 aliphatic heterocycles. The van der Waals surface area contributed by atoms with Crippen LogP contribution >= 0.6 is 0 Å². The largest absolute Gasteiger partial charge is 0.392 e. The summed E-state index contributed by atoms with van der Waals surface area (Å²) in [5.41, 5.74) is 3.27. The number of benzene rings is 1. The van der Waals surface area contributed by atoms with Gasteiger partial charge in [0.2, 0.25) is 5.95 Å². The summed E-state index contributed by atoms with van der Waals surface area (Å²) in [6.07, 6.45) is 9.28. The second-order valence-electron chi connectivity index (χ2n) is 12.5. The molecule has 2 saturated heterocycles. The minimum atomic E-state index is -0.281. The zero-order chi connectivity index (χ0) is 30.4. The van der Waals surface area contributed by atoms with Crippen LogP contribution in [0.1, 0.15) is 63.3 Å². The molecule has 5 heterocycles. The van der Waals surface area contributed by atoms with Crippen LogP contribution in [0.3, 0.4) is 0 Å². The topological polar surface area (TPSA) is 146 Å². The Morgan fingerprint density at radius 2 is 1.95 bits per heavy atom. The molecule has 1 aliphatic carbocycles. The molecular formula is C32H39N11O. The van der Waals surface area contributed by atoms with Gasteiger partial charge in [0, 0.05) is 73.6 Å². The summed E-state index contributed by atoms with van der Waals surface area (Å²) in [6.45, 7) is 8.45. The Kier molecular flexibility index (Phi) is 7.58. The molecule has 4 aromatic rings. The second kappa shape index (κ2) is 11.7. The van der Waals surface area contributed by atoms with Crippen LogP contribution in [-0.2, 0) is 0 Å². The van der Waals surface area contributed by atoms with E-state index in [9.17, 15) is 15.6 Å². The Hall–Kier alpha value is -4.23.